The van der Waals surface area contributed by atoms with Gasteiger partial charge in [-0.15, -0.1) is 0 Å². The first-order chi connectivity index (χ1) is 19.5. The average Bonchev–Trinajstić information content (AvgIpc) is 3.29. The molecule has 0 aliphatic heterocycles. The molecule has 3 heterocycles. The number of rotatable bonds is 6. The second kappa shape index (κ2) is 11.2. The van der Waals surface area contributed by atoms with Crippen LogP contribution in [0, 0.1) is 24.1 Å². The zero-order chi connectivity index (χ0) is 31.1. The summed E-state index contributed by atoms with van der Waals surface area (Å²) in [6.45, 7) is 12.5. The van der Waals surface area contributed by atoms with Crippen LogP contribution in [0.1, 0.15) is 73.8 Å². The van der Waals surface area contributed by atoms with Gasteiger partial charge in [0.05, 0.1) is 52.1 Å². The van der Waals surface area contributed by atoms with Crippen molar-refractivity contribution in [1.82, 2.24) is 19.7 Å². The largest absolute Gasteiger partial charge is 0.417 e. The van der Waals surface area contributed by atoms with Gasteiger partial charge in [0.2, 0.25) is 0 Å². The molecule has 3 aromatic heterocycles. The highest BCUT2D eigenvalue weighted by molar-refractivity contribution is 6.74. The molecule has 0 radical (unpaired) electrons. The Kier molecular flexibility index (Phi) is 8.36. The smallest absolute Gasteiger partial charge is 0.414 e. The van der Waals surface area contributed by atoms with Crippen LogP contribution >= 0.6 is 0 Å². The Morgan fingerprint density at radius 1 is 1.14 bits per heavy atom. The third-order valence-corrected chi connectivity index (χ3v) is 12.9. The topological polar surface area (TPSA) is 106 Å². The molecule has 42 heavy (non-hydrogen) atoms. The van der Waals surface area contributed by atoms with Crippen molar-refractivity contribution in [3.8, 4) is 11.9 Å². The number of aromatic nitrogens is 4. The van der Waals surface area contributed by atoms with E-state index in [1.165, 1.54) is 19.3 Å². The number of alkyl halides is 3. The van der Waals surface area contributed by atoms with Crippen molar-refractivity contribution in [2.45, 2.75) is 89.2 Å². The highest BCUT2D eigenvalue weighted by Crippen LogP contribution is 2.43. The van der Waals surface area contributed by atoms with E-state index in [1.807, 2.05) is 0 Å². The van der Waals surface area contributed by atoms with Crippen LogP contribution in [-0.2, 0) is 16.0 Å². The van der Waals surface area contributed by atoms with E-state index in [0.29, 0.717) is 36.5 Å². The van der Waals surface area contributed by atoms with Gasteiger partial charge in [0.15, 0.2) is 20.0 Å². The first-order valence-electron chi connectivity index (χ1n) is 13.6. The standard InChI is InChI=1S/C29H34F4N6O2Si/c1-18-22(16-37-39(18)25-23(30)13-19(14-36-25)29(31,32)33)26(40)38-20-7-8-24(35-15-20)28(17-34)11-9-21(10-12-28)41-42(5,6)27(2,3)4/h7-8,13-16,21H,9-12H2,1-6H3,(H,38,40)/t21-,28-. The Morgan fingerprint density at radius 3 is 2.33 bits per heavy atom. The van der Waals surface area contributed by atoms with Gasteiger partial charge in [-0.25, -0.2) is 14.1 Å². The van der Waals surface area contributed by atoms with Crippen LogP contribution in [0.15, 0.2) is 36.8 Å². The summed E-state index contributed by atoms with van der Waals surface area (Å²) in [5.74, 6) is -2.26. The van der Waals surface area contributed by atoms with Gasteiger partial charge in [-0.1, -0.05) is 20.8 Å². The summed E-state index contributed by atoms with van der Waals surface area (Å²) in [5.41, 5.74) is -0.712. The first kappa shape index (κ1) is 31.3. The second-order valence-electron chi connectivity index (χ2n) is 12.2. The number of nitrogens with one attached hydrogen (secondary N) is 1. The molecule has 1 aliphatic carbocycles. The van der Waals surface area contributed by atoms with Crippen LogP contribution in [0.3, 0.4) is 0 Å². The van der Waals surface area contributed by atoms with Crippen molar-refractivity contribution in [3.05, 3.63) is 65.1 Å². The fourth-order valence-electron chi connectivity index (χ4n) is 4.76. The van der Waals surface area contributed by atoms with Crippen LogP contribution in [0.5, 0.6) is 0 Å². The number of nitrogens with zero attached hydrogens (tertiary/aromatic N) is 5. The summed E-state index contributed by atoms with van der Waals surface area (Å²) in [7, 11) is -1.92. The van der Waals surface area contributed by atoms with E-state index in [4.69, 9.17) is 4.43 Å². The van der Waals surface area contributed by atoms with Crippen molar-refractivity contribution in [2.75, 3.05) is 5.32 Å². The van der Waals surface area contributed by atoms with E-state index in [1.54, 1.807) is 12.1 Å². The van der Waals surface area contributed by atoms with Gasteiger partial charge < -0.3 is 9.74 Å². The fourth-order valence-corrected chi connectivity index (χ4v) is 6.18. The molecule has 0 spiro atoms. The van der Waals surface area contributed by atoms with Crippen molar-refractivity contribution in [1.29, 1.82) is 5.26 Å². The number of hydrogen-bond acceptors (Lipinski definition) is 6. The summed E-state index contributed by atoms with van der Waals surface area (Å²) in [6.07, 6.45) is 1.29. The molecule has 1 aliphatic rings. The molecular formula is C29H34F4N6O2Si. The molecule has 1 amide bonds. The Balaban J connectivity index is 1.44. The summed E-state index contributed by atoms with van der Waals surface area (Å²) in [5, 5.41) is 16.9. The van der Waals surface area contributed by atoms with Gasteiger partial charge >= 0.3 is 6.18 Å². The predicted molar refractivity (Wildman–Crippen MR) is 151 cm³/mol. The molecule has 4 rings (SSSR count). The van der Waals surface area contributed by atoms with Crippen molar-refractivity contribution < 1.29 is 26.8 Å². The van der Waals surface area contributed by atoms with Crippen LogP contribution in [0.4, 0.5) is 23.2 Å². The predicted octanol–water partition coefficient (Wildman–Crippen LogP) is 7.11. The minimum Gasteiger partial charge on any atom is -0.414 e. The summed E-state index contributed by atoms with van der Waals surface area (Å²) in [6, 6.07) is 6.19. The van der Waals surface area contributed by atoms with Gasteiger partial charge in [-0.3, -0.25) is 9.78 Å². The highest BCUT2D eigenvalue weighted by Gasteiger charge is 2.43. The van der Waals surface area contributed by atoms with E-state index in [9.17, 15) is 27.6 Å². The van der Waals surface area contributed by atoms with E-state index in [2.05, 4.69) is 60.3 Å². The monoisotopic (exact) mass is 602 g/mol. The number of carbonyl (C=O) groups is 1. The normalized spacial score (nSPS) is 19.8. The first-order valence-corrected chi connectivity index (χ1v) is 16.5. The number of hydrogen-bond donors (Lipinski definition) is 1. The van der Waals surface area contributed by atoms with Crippen LogP contribution in [-0.4, -0.2) is 40.1 Å². The maximum absolute atomic E-state index is 14.4. The summed E-state index contributed by atoms with van der Waals surface area (Å²) < 4.78 is 60.6. The molecule has 0 saturated heterocycles. The molecule has 8 nitrogen and oxygen atoms in total. The molecule has 0 atom stereocenters. The van der Waals surface area contributed by atoms with E-state index in [-0.39, 0.29) is 22.4 Å². The summed E-state index contributed by atoms with van der Waals surface area (Å²) in [4.78, 5) is 21.0. The minimum absolute atomic E-state index is 0.0775. The molecule has 1 N–H and O–H groups in total. The maximum Gasteiger partial charge on any atom is 0.417 e. The van der Waals surface area contributed by atoms with Crippen molar-refractivity contribution in [2.24, 2.45) is 0 Å². The fraction of sp³-hybridized carbons (Fsp3) is 0.483. The van der Waals surface area contributed by atoms with Crippen molar-refractivity contribution >= 4 is 19.9 Å². The van der Waals surface area contributed by atoms with Gasteiger partial charge in [0.25, 0.3) is 5.91 Å². The second-order valence-corrected chi connectivity index (χ2v) is 17.0. The number of halogens is 4. The number of anilines is 1. The molecule has 1 fully saturated rings. The van der Waals surface area contributed by atoms with Crippen LogP contribution in [0.25, 0.3) is 5.82 Å². The van der Waals surface area contributed by atoms with Crippen LogP contribution < -0.4 is 5.32 Å². The molecule has 1 saturated carbocycles. The zero-order valence-corrected chi connectivity index (χ0v) is 25.4. The average molecular weight is 603 g/mol. The Bertz CT molecular complexity index is 1500. The Morgan fingerprint density at radius 2 is 1.81 bits per heavy atom. The lowest BCUT2D eigenvalue weighted by molar-refractivity contribution is -0.138. The minimum atomic E-state index is -4.74. The van der Waals surface area contributed by atoms with Gasteiger partial charge in [-0.2, -0.15) is 23.5 Å². The molecule has 13 heteroatoms. The third-order valence-electron chi connectivity index (χ3n) is 8.38. The zero-order valence-electron chi connectivity index (χ0n) is 24.4. The lowest BCUT2D eigenvalue weighted by Gasteiger charge is -2.42. The molecule has 3 aromatic rings. The van der Waals surface area contributed by atoms with Gasteiger partial charge in [0, 0.05) is 12.3 Å². The quantitative estimate of drug-likeness (QED) is 0.238. The molecular weight excluding hydrogens is 568 g/mol. The number of nitriles is 1. The van der Waals surface area contributed by atoms with Gasteiger partial charge in [-0.05, 0) is 68.9 Å². The number of pyridine rings is 2. The Labute approximate surface area is 243 Å². The lowest BCUT2D eigenvalue weighted by Crippen LogP contribution is -2.46. The van der Waals surface area contributed by atoms with E-state index in [0.717, 1.165) is 17.5 Å². The number of amides is 1. The third kappa shape index (κ3) is 6.24. The molecule has 0 aromatic carbocycles. The summed E-state index contributed by atoms with van der Waals surface area (Å²) >= 11 is 0. The maximum atomic E-state index is 14.4. The lowest BCUT2D eigenvalue weighted by atomic mass is 9.72. The SMILES string of the molecule is Cc1c(C(=O)Nc2ccc([C@]3(C#N)CC[C@@H](O[Si](C)(C)C(C)(C)C)CC3)nc2)cnn1-c1ncc(C(F)(F)F)cc1F. The number of carbonyl (C=O) groups excluding carboxylic acids is 1. The van der Waals surface area contributed by atoms with Crippen LogP contribution in [0.2, 0.25) is 18.1 Å². The Hall–Kier alpha value is -3.63. The van der Waals surface area contributed by atoms with E-state index < -0.39 is 43.0 Å². The molecule has 224 valence electrons. The van der Waals surface area contributed by atoms with Gasteiger partial charge in [0.1, 0.15) is 0 Å². The molecule has 0 unspecified atom stereocenters. The van der Waals surface area contributed by atoms with Crippen molar-refractivity contribution in [3.63, 3.8) is 0 Å². The molecule has 0 bridgehead atoms. The van der Waals surface area contributed by atoms with E-state index >= 15 is 0 Å². The highest BCUT2D eigenvalue weighted by atomic mass is 28.4.